The number of halogens is 3. The van der Waals surface area contributed by atoms with E-state index in [1.54, 1.807) is 11.8 Å². The van der Waals surface area contributed by atoms with Gasteiger partial charge in [0.15, 0.2) is 5.82 Å². The molecule has 28 heavy (non-hydrogen) atoms. The second-order valence-electron chi connectivity index (χ2n) is 6.68. The lowest BCUT2D eigenvalue weighted by atomic mass is 10.1. The Balaban J connectivity index is 1.72. The number of thioether (sulfide) groups is 1. The molecule has 11 heteroatoms. The number of benzene rings is 1. The minimum atomic E-state index is -3.24. The highest BCUT2D eigenvalue weighted by atomic mass is 35.5. The fraction of sp³-hybridized carbons (Fsp3) is 0.412. The van der Waals surface area contributed by atoms with Gasteiger partial charge in [-0.3, -0.25) is 0 Å². The summed E-state index contributed by atoms with van der Waals surface area (Å²) in [6, 6.07) is 1.93. The number of rotatable bonds is 3. The molecule has 2 aliphatic rings. The maximum absolute atomic E-state index is 14.4. The molecular weight excluding hydrogens is 430 g/mol. The van der Waals surface area contributed by atoms with Gasteiger partial charge in [0, 0.05) is 43.2 Å². The van der Waals surface area contributed by atoms with Gasteiger partial charge < -0.3 is 4.90 Å². The number of sulfonamides is 1. The summed E-state index contributed by atoms with van der Waals surface area (Å²) in [6.07, 6.45) is 1.19. The van der Waals surface area contributed by atoms with E-state index in [0.29, 0.717) is 37.7 Å². The Morgan fingerprint density at radius 3 is 2.46 bits per heavy atom. The first-order valence-electron chi connectivity index (χ1n) is 8.56. The van der Waals surface area contributed by atoms with Gasteiger partial charge in [0.25, 0.3) is 0 Å². The maximum Gasteiger partial charge on any atom is 0.211 e. The average Bonchev–Trinajstić information content (AvgIpc) is 3.12. The van der Waals surface area contributed by atoms with Gasteiger partial charge in [0.05, 0.1) is 22.5 Å². The second-order valence-corrected chi connectivity index (χ2v) is 10.1. The zero-order chi connectivity index (χ0) is 20.1. The molecule has 0 bridgehead atoms. The number of anilines is 1. The van der Waals surface area contributed by atoms with Crippen molar-refractivity contribution in [3.8, 4) is 11.4 Å². The highest BCUT2D eigenvalue weighted by Gasteiger charge is 2.29. The third-order valence-corrected chi connectivity index (χ3v) is 7.38. The molecule has 0 amide bonds. The Bertz CT molecular complexity index is 1040. The lowest BCUT2D eigenvalue weighted by Gasteiger charge is -2.35. The van der Waals surface area contributed by atoms with E-state index in [9.17, 15) is 17.2 Å². The van der Waals surface area contributed by atoms with E-state index in [4.69, 9.17) is 11.6 Å². The van der Waals surface area contributed by atoms with E-state index in [2.05, 4.69) is 9.97 Å². The molecule has 1 fully saturated rings. The lowest BCUT2D eigenvalue weighted by Crippen LogP contribution is -2.48. The first-order chi connectivity index (χ1) is 13.2. The third kappa shape index (κ3) is 3.70. The molecule has 1 aromatic carbocycles. The predicted octanol–water partition coefficient (Wildman–Crippen LogP) is 2.90. The van der Waals surface area contributed by atoms with Gasteiger partial charge >= 0.3 is 0 Å². The molecule has 150 valence electrons. The fourth-order valence-corrected chi connectivity index (χ4v) is 5.35. The Labute approximate surface area is 171 Å². The van der Waals surface area contributed by atoms with E-state index >= 15 is 0 Å². The van der Waals surface area contributed by atoms with Crippen LogP contribution in [0.5, 0.6) is 0 Å². The Kier molecular flexibility index (Phi) is 5.24. The van der Waals surface area contributed by atoms with Crippen LogP contribution in [0.1, 0.15) is 11.3 Å². The van der Waals surface area contributed by atoms with Crippen LogP contribution in [0.4, 0.5) is 14.6 Å². The largest absolute Gasteiger partial charge is 0.354 e. The molecule has 0 atom stereocenters. The van der Waals surface area contributed by atoms with E-state index in [0.717, 1.165) is 29.1 Å². The van der Waals surface area contributed by atoms with Gasteiger partial charge in [-0.2, -0.15) is 16.1 Å². The highest BCUT2D eigenvalue weighted by Crippen LogP contribution is 2.37. The zero-order valence-corrected chi connectivity index (χ0v) is 17.3. The van der Waals surface area contributed by atoms with Crippen molar-refractivity contribution in [1.29, 1.82) is 0 Å². The molecule has 1 saturated heterocycles. The number of hydrogen-bond donors (Lipinski definition) is 0. The first-order valence-corrected chi connectivity index (χ1v) is 11.9. The van der Waals surface area contributed by atoms with Crippen LogP contribution in [0.3, 0.4) is 0 Å². The number of nitrogens with zero attached hydrogens (tertiary/aromatic N) is 4. The van der Waals surface area contributed by atoms with Crippen molar-refractivity contribution < 1.29 is 17.2 Å². The summed E-state index contributed by atoms with van der Waals surface area (Å²) in [6.45, 7) is 1.64. The topological polar surface area (TPSA) is 66.4 Å². The molecule has 4 rings (SSSR count). The van der Waals surface area contributed by atoms with Crippen LogP contribution in [0, 0.1) is 11.6 Å². The van der Waals surface area contributed by atoms with Crippen LogP contribution >= 0.6 is 23.4 Å². The van der Waals surface area contributed by atoms with Crippen LogP contribution < -0.4 is 4.90 Å². The molecule has 0 spiro atoms. The van der Waals surface area contributed by atoms with Gasteiger partial charge in [-0.1, -0.05) is 11.6 Å². The van der Waals surface area contributed by atoms with E-state index in [1.165, 1.54) is 10.6 Å². The normalized spacial score (nSPS) is 17.8. The van der Waals surface area contributed by atoms with Gasteiger partial charge in [-0.25, -0.2) is 27.2 Å². The molecule has 2 aliphatic heterocycles. The molecule has 0 saturated carbocycles. The Morgan fingerprint density at radius 1 is 1.07 bits per heavy atom. The summed E-state index contributed by atoms with van der Waals surface area (Å²) in [5.74, 6) is 0.737. The molecule has 0 N–H and O–H groups in total. The summed E-state index contributed by atoms with van der Waals surface area (Å²) in [7, 11) is -3.24. The summed E-state index contributed by atoms with van der Waals surface area (Å²) < 4.78 is 53.2. The lowest BCUT2D eigenvalue weighted by molar-refractivity contribution is 0.386. The maximum atomic E-state index is 14.4. The highest BCUT2D eigenvalue weighted by molar-refractivity contribution is 7.98. The minimum absolute atomic E-state index is 0.0439. The molecule has 6 nitrogen and oxygen atoms in total. The molecular formula is C17H17ClF2N4O2S2. The smallest absolute Gasteiger partial charge is 0.211 e. The third-order valence-electron chi connectivity index (χ3n) is 4.81. The van der Waals surface area contributed by atoms with Crippen molar-refractivity contribution in [3.05, 3.63) is 40.0 Å². The zero-order valence-electron chi connectivity index (χ0n) is 15.0. The molecule has 0 aliphatic carbocycles. The molecule has 3 heterocycles. The average molecular weight is 447 g/mol. The first kappa shape index (κ1) is 19.8. The Hall–Kier alpha value is -1.49. The van der Waals surface area contributed by atoms with Gasteiger partial charge in [-0.15, -0.1) is 0 Å². The van der Waals surface area contributed by atoms with Crippen molar-refractivity contribution in [1.82, 2.24) is 14.3 Å². The number of aromatic nitrogens is 2. The molecule has 2 aromatic rings. The number of piperazine rings is 1. The fourth-order valence-electron chi connectivity index (χ4n) is 3.34. The van der Waals surface area contributed by atoms with E-state index < -0.39 is 21.7 Å². The Morgan fingerprint density at radius 2 is 1.79 bits per heavy atom. The molecule has 0 unspecified atom stereocenters. The van der Waals surface area contributed by atoms with Crippen LogP contribution in [-0.4, -0.2) is 55.1 Å². The van der Waals surface area contributed by atoms with Crippen molar-refractivity contribution in [2.75, 3.05) is 37.3 Å². The summed E-state index contributed by atoms with van der Waals surface area (Å²) in [4.78, 5) is 11.0. The quantitative estimate of drug-likeness (QED) is 0.675. The van der Waals surface area contributed by atoms with Gasteiger partial charge in [0.1, 0.15) is 17.5 Å². The minimum Gasteiger partial charge on any atom is -0.354 e. The van der Waals surface area contributed by atoms with Gasteiger partial charge in [-0.05, 0) is 12.1 Å². The SMILES string of the molecule is CS(=O)(=O)N1CCN(c2nc(-c3cc(F)c(Cl)cc3F)nc3c2CSC3)CC1. The van der Waals surface area contributed by atoms with Crippen LogP contribution in [0.25, 0.3) is 11.4 Å². The summed E-state index contributed by atoms with van der Waals surface area (Å²) in [5.41, 5.74) is 1.72. The standard InChI is InChI=1S/C17H17ClF2N4O2S2/c1-28(25,26)24-4-2-23(3-5-24)17-11-8-27-9-15(11)21-16(22-17)10-6-14(20)12(18)7-13(10)19/h6-7H,2-5,8-9H2,1H3. The van der Waals surface area contributed by atoms with Crippen molar-refractivity contribution in [2.24, 2.45) is 0 Å². The summed E-state index contributed by atoms with van der Waals surface area (Å²) in [5, 5.41) is -0.296. The monoisotopic (exact) mass is 446 g/mol. The van der Waals surface area contributed by atoms with Crippen molar-refractivity contribution in [2.45, 2.75) is 11.5 Å². The van der Waals surface area contributed by atoms with E-state index in [1.807, 2.05) is 4.90 Å². The molecule has 1 aromatic heterocycles. The van der Waals surface area contributed by atoms with Crippen molar-refractivity contribution >= 4 is 39.2 Å². The number of hydrogen-bond acceptors (Lipinski definition) is 6. The van der Waals surface area contributed by atoms with Crippen LogP contribution in [-0.2, 0) is 21.5 Å². The molecule has 0 radical (unpaired) electrons. The van der Waals surface area contributed by atoms with Gasteiger partial charge in [0.2, 0.25) is 10.0 Å². The second kappa shape index (κ2) is 7.40. The predicted molar refractivity (Wildman–Crippen MR) is 106 cm³/mol. The van der Waals surface area contributed by atoms with Crippen molar-refractivity contribution in [3.63, 3.8) is 0 Å². The number of fused-ring (bicyclic) bond motifs is 1. The summed E-state index contributed by atoms with van der Waals surface area (Å²) >= 11 is 7.32. The van der Waals surface area contributed by atoms with Crippen LogP contribution in [0.15, 0.2) is 12.1 Å². The van der Waals surface area contributed by atoms with E-state index in [-0.39, 0.29) is 16.4 Å². The van der Waals surface area contributed by atoms with Crippen LogP contribution in [0.2, 0.25) is 5.02 Å².